The highest BCUT2D eigenvalue weighted by molar-refractivity contribution is 6.12. The predicted octanol–water partition coefficient (Wildman–Crippen LogP) is 2.61. The number of H-pyrrole nitrogens is 1. The zero-order valence-electron chi connectivity index (χ0n) is 11.5. The molecule has 0 aliphatic heterocycles. The number of rotatable bonds is 4. The molecular weight excluding hydrogens is 268 g/mol. The first kappa shape index (κ1) is 13.1. The van der Waals surface area contributed by atoms with E-state index in [0.29, 0.717) is 29.3 Å². The van der Waals surface area contributed by atoms with Gasteiger partial charge in [0.1, 0.15) is 5.69 Å². The number of ether oxygens (including phenoxy) is 1. The van der Waals surface area contributed by atoms with Crippen LogP contribution in [0.2, 0.25) is 0 Å². The Hall–Kier alpha value is -2.89. The van der Waals surface area contributed by atoms with Crippen molar-refractivity contribution in [1.29, 1.82) is 0 Å². The highest BCUT2D eigenvalue weighted by atomic mass is 16.5. The van der Waals surface area contributed by atoms with Gasteiger partial charge >= 0.3 is 0 Å². The molecule has 6 heteroatoms. The summed E-state index contributed by atoms with van der Waals surface area (Å²) in [5.74, 6) is 0.170. The summed E-state index contributed by atoms with van der Waals surface area (Å²) in [6.45, 7) is 2.35. The quantitative estimate of drug-likeness (QED) is 0.770. The molecular formula is C15H14N4O2. The fourth-order valence-corrected chi connectivity index (χ4v) is 2.09. The van der Waals surface area contributed by atoms with Gasteiger partial charge in [0.15, 0.2) is 0 Å². The second-order valence-electron chi connectivity index (χ2n) is 4.38. The number of hydrogen-bond acceptors (Lipinski definition) is 4. The summed E-state index contributed by atoms with van der Waals surface area (Å²) in [6.07, 6.45) is 3.30. The summed E-state index contributed by atoms with van der Waals surface area (Å²) >= 11 is 0. The van der Waals surface area contributed by atoms with Crippen LogP contribution in [0.25, 0.3) is 10.9 Å². The second kappa shape index (κ2) is 5.62. The van der Waals surface area contributed by atoms with Crippen molar-refractivity contribution in [3.8, 4) is 5.88 Å². The molecule has 3 aromatic rings. The molecule has 0 fully saturated rings. The van der Waals surface area contributed by atoms with Crippen LogP contribution in [0, 0.1) is 0 Å². The SMILES string of the molecule is CCOc1ncccc1NC(=O)c1cccc2cn[nH]c12. The average molecular weight is 282 g/mol. The maximum absolute atomic E-state index is 12.4. The maximum Gasteiger partial charge on any atom is 0.258 e. The summed E-state index contributed by atoms with van der Waals surface area (Å²) in [6, 6.07) is 8.95. The monoisotopic (exact) mass is 282 g/mol. The van der Waals surface area contributed by atoms with Crippen LogP contribution < -0.4 is 10.1 Å². The lowest BCUT2D eigenvalue weighted by atomic mass is 10.1. The Morgan fingerprint density at radius 1 is 1.33 bits per heavy atom. The van der Waals surface area contributed by atoms with Crippen LogP contribution in [0.1, 0.15) is 17.3 Å². The summed E-state index contributed by atoms with van der Waals surface area (Å²) < 4.78 is 5.40. The molecule has 6 nitrogen and oxygen atoms in total. The molecule has 0 radical (unpaired) electrons. The van der Waals surface area contributed by atoms with Crippen LogP contribution >= 0.6 is 0 Å². The van der Waals surface area contributed by atoms with E-state index in [-0.39, 0.29) is 5.91 Å². The third-order valence-electron chi connectivity index (χ3n) is 3.02. The van der Waals surface area contributed by atoms with Gasteiger partial charge in [-0.1, -0.05) is 12.1 Å². The molecule has 0 aliphatic carbocycles. The van der Waals surface area contributed by atoms with Gasteiger partial charge in [-0.2, -0.15) is 5.10 Å². The lowest BCUT2D eigenvalue weighted by Gasteiger charge is -2.10. The molecule has 2 aromatic heterocycles. The Morgan fingerprint density at radius 2 is 2.24 bits per heavy atom. The van der Waals surface area contributed by atoms with Crippen molar-refractivity contribution in [1.82, 2.24) is 15.2 Å². The van der Waals surface area contributed by atoms with Crippen LogP contribution in [0.5, 0.6) is 5.88 Å². The van der Waals surface area contributed by atoms with E-state index in [2.05, 4.69) is 20.5 Å². The summed E-state index contributed by atoms with van der Waals surface area (Å²) in [5.41, 5.74) is 1.77. The highest BCUT2D eigenvalue weighted by Crippen LogP contribution is 2.23. The number of para-hydroxylation sites is 1. The largest absolute Gasteiger partial charge is 0.476 e. The van der Waals surface area contributed by atoms with E-state index in [9.17, 15) is 4.79 Å². The van der Waals surface area contributed by atoms with Crippen molar-refractivity contribution in [2.75, 3.05) is 11.9 Å². The van der Waals surface area contributed by atoms with Crippen LogP contribution in [0.3, 0.4) is 0 Å². The minimum Gasteiger partial charge on any atom is -0.476 e. The Morgan fingerprint density at radius 3 is 3.10 bits per heavy atom. The molecule has 0 atom stereocenters. The van der Waals surface area contributed by atoms with Crippen molar-refractivity contribution in [3.63, 3.8) is 0 Å². The van der Waals surface area contributed by atoms with E-state index in [4.69, 9.17) is 4.74 Å². The number of aromatic amines is 1. The summed E-state index contributed by atoms with van der Waals surface area (Å²) in [5, 5.41) is 10.5. The number of nitrogens with one attached hydrogen (secondary N) is 2. The van der Waals surface area contributed by atoms with Gasteiger partial charge in [0, 0.05) is 11.6 Å². The first-order valence-electron chi connectivity index (χ1n) is 6.61. The van der Waals surface area contributed by atoms with Gasteiger partial charge in [-0.05, 0) is 25.1 Å². The molecule has 3 rings (SSSR count). The van der Waals surface area contributed by atoms with Crippen LogP contribution in [-0.2, 0) is 0 Å². The number of aromatic nitrogens is 3. The number of fused-ring (bicyclic) bond motifs is 1. The molecule has 0 unspecified atom stereocenters. The molecule has 2 heterocycles. The third kappa shape index (κ3) is 2.55. The molecule has 21 heavy (non-hydrogen) atoms. The van der Waals surface area contributed by atoms with Crippen molar-refractivity contribution in [2.45, 2.75) is 6.92 Å². The fraction of sp³-hybridized carbons (Fsp3) is 0.133. The molecule has 0 saturated carbocycles. The maximum atomic E-state index is 12.4. The summed E-state index contributed by atoms with van der Waals surface area (Å²) in [7, 11) is 0. The topological polar surface area (TPSA) is 79.9 Å². The molecule has 1 aromatic carbocycles. The first-order chi connectivity index (χ1) is 10.3. The van der Waals surface area contributed by atoms with E-state index < -0.39 is 0 Å². The zero-order chi connectivity index (χ0) is 14.7. The number of anilines is 1. The van der Waals surface area contributed by atoms with E-state index >= 15 is 0 Å². The minimum absolute atomic E-state index is 0.237. The van der Waals surface area contributed by atoms with Crippen LogP contribution in [0.4, 0.5) is 5.69 Å². The summed E-state index contributed by atoms with van der Waals surface area (Å²) in [4.78, 5) is 16.6. The Balaban J connectivity index is 1.92. The Kier molecular flexibility index (Phi) is 3.51. The van der Waals surface area contributed by atoms with Gasteiger partial charge in [0.2, 0.25) is 5.88 Å². The number of amides is 1. The van der Waals surface area contributed by atoms with E-state index in [0.717, 1.165) is 5.39 Å². The zero-order valence-corrected chi connectivity index (χ0v) is 11.5. The van der Waals surface area contributed by atoms with Crippen molar-refractivity contribution in [2.24, 2.45) is 0 Å². The molecule has 2 N–H and O–H groups in total. The number of pyridine rings is 1. The molecule has 1 amide bonds. The third-order valence-corrected chi connectivity index (χ3v) is 3.02. The van der Waals surface area contributed by atoms with E-state index in [1.54, 1.807) is 30.6 Å². The van der Waals surface area contributed by atoms with Gasteiger partial charge in [-0.15, -0.1) is 0 Å². The Labute approximate surface area is 121 Å². The van der Waals surface area contributed by atoms with Crippen LogP contribution in [0.15, 0.2) is 42.7 Å². The molecule has 106 valence electrons. The fourth-order valence-electron chi connectivity index (χ4n) is 2.09. The molecule has 0 spiro atoms. The normalized spacial score (nSPS) is 10.5. The van der Waals surface area contributed by atoms with Gasteiger partial charge in [0.05, 0.1) is 23.9 Å². The number of hydrogen-bond donors (Lipinski definition) is 2. The minimum atomic E-state index is -0.237. The smallest absolute Gasteiger partial charge is 0.258 e. The Bertz CT molecular complexity index is 782. The second-order valence-corrected chi connectivity index (χ2v) is 4.38. The molecule has 0 bridgehead atoms. The van der Waals surface area contributed by atoms with E-state index in [1.807, 2.05) is 19.1 Å². The van der Waals surface area contributed by atoms with Gasteiger partial charge < -0.3 is 10.1 Å². The van der Waals surface area contributed by atoms with Crippen molar-refractivity contribution in [3.05, 3.63) is 48.3 Å². The van der Waals surface area contributed by atoms with Gasteiger partial charge in [0.25, 0.3) is 5.91 Å². The van der Waals surface area contributed by atoms with Crippen molar-refractivity contribution >= 4 is 22.5 Å². The number of benzene rings is 1. The number of carbonyl (C=O) groups excluding carboxylic acids is 1. The van der Waals surface area contributed by atoms with Crippen molar-refractivity contribution < 1.29 is 9.53 Å². The van der Waals surface area contributed by atoms with Gasteiger partial charge in [-0.25, -0.2) is 4.98 Å². The number of nitrogens with zero attached hydrogens (tertiary/aromatic N) is 2. The van der Waals surface area contributed by atoms with Gasteiger partial charge in [-0.3, -0.25) is 9.89 Å². The molecule has 0 aliphatic rings. The molecule has 0 saturated heterocycles. The lowest BCUT2D eigenvalue weighted by Crippen LogP contribution is -2.14. The predicted molar refractivity (Wildman–Crippen MR) is 79.5 cm³/mol. The average Bonchev–Trinajstić information content (AvgIpc) is 2.97. The lowest BCUT2D eigenvalue weighted by molar-refractivity contribution is 0.102. The number of carbonyl (C=O) groups is 1. The van der Waals surface area contributed by atoms with Crippen LogP contribution in [-0.4, -0.2) is 27.7 Å². The van der Waals surface area contributed by atoms with E-state index in [1.165, 1.54) is 0 Å². The first-order valence-corrected chi connectivity index (χ1v) is 6.61. The standard InChI is InChI=1S/C15H14N4O2/c1-2-21-15-12(7-4-8-16-15)18-14(20)11-6-3-5-10-9-17-19-13(10)11/h3-9H,2H2,1H3,(H,17,19)(H,18,20). The highest BCUT2D eigenvalue weighted by Gasteiger charge is 2.14.